The van der Waals surface area contributed by atoms with Gasteiger partial charge in [0.25, 0.3) is 0 Å². The Hall–Kier alpha value is -2.91. The number of aryl methyl sites for hydroxylation is 1. The summed E-state index contributed by atoms with van der Waals surface area (Å²) in [6.45, 7) is 7.38. The van der Waals surface area contributed by atoms with Crippen molar-refractivity contribution in [2.75, 3.05) is 6.61 Å². The maximum Gasteiger partial charge on any atom is 0.343 e. The minimum atomic E-state index is -0.346. The molecule has 3 aromatic carbocycles. The molecule has 0 radical (unpaired) electrons. The molecule has 0 bridgehead atoms. The van der Waals surface area contributed by atoms with Crippen LogP contribution in [0.4, 0.5) is 0 Å². The molecule has 0 saturated heterocycles. The molecule has 0 N–H and O–H groups in total. The molecule has 234 valence electrons. The van der Waals surface area contributed by atoms with Gasteiger partial charge in [-0.25, -0.2) is 4.79 Å². The van der Waals surface area contributed by atoms with E-state index in [1.54, 1.807) is 0 Å². The van der Waals surface area contributed by atoms with Gasteiger partial charge < -0.3 is 9.47 Å². The number of ether oxygens (including phenoxy) is 2. The first-order valence-corrected chi connectivity index (χ1v) is 17.2. The summed E-state index contributed by atoms with van der Waals surface area (Å²) in [5.74, 6) is 0.206. The van der Waals surface area contributed by atoms with E-state index in [9.17, 15) is 4.79 Å². The van der Waals surface area contributed by atoms with Crippen LogP contribution in [0, 0.1) is 0 Å². The van der Waals surface area contributed by atoms with Gasteiger partial charge in [-0.15, -0.1) is 0 Å². The van der Waals surface area contributed by atoms with Crippen molar-refractivity contribution >= 4 is 5.97 Å². The van der Waals surface area contributed by atoms with Gasteiger partial charge in [0, 0.05) is 6.61 Å². The predicted octanol–water partition coefficient (Wildman–Crippen LogP) is 12.1. The Labute approximate surface area is 262 Å². The summed E-state index contributed by atoms with van der Waals surface area (Å²) in [6.07, 6.45) is 20.9. The van der Waals surface area contributed by atoms with Gasteiger partial charge in [0.1, 0.15) is 5.75 Å². The van der Waals surface area contributed by atoms with Crippen LogP contribution in [0.3, 0.4) is 0 Å². The van der Waals surface area contributed by atoms with Gasteiger partial charge in [0.05, 0.1) is 11.7 Å². The molecule has 0 heterocycles. The molecule has 0 aliphatic heterocycles. The predicted molar refractivity (Wildman–Crippen MR) is 182 cm³/mol. The largest absolute Gasteiger partial charge is 0.423 e. The van der Waals surface area contributed by atoms with Crippen LogP contribution in [0.25, 0.3) is 11.1 Å². The fourth-order valence-electron chi connectivity index (χ4n) is 5.51. The van der Waals surface area contributed by atoms with E-state index in [-0.39, 0.29) is 12.1 Å². The minimum absolute atomic E-state index is 0.0107. The highest BCUT2D eigenvalue weighted by Gasteiger charge is 2.11. The normalized spacial score (nSPS) is 11.9. The van der Waals surface area contributed by atoms with Gasteiger partial charge in [0.15, 0.2) is 0 Å². The zero-order chi connectivity index (χ0) is 30.5. The van der Waals surface area contributed by atoms with Crippen LogP contribution in [0.2, 0.25) is 0 Å². The van der Waals surface area contributed by atoms with Crippen molar-refractivity contribution in [1.29, 1.82) is 0 Å². The molecule has 3 aromatic rings. The van der Waals surface area contributed by atoms with Crippen LogP contribution in [0.15, 0.2) is 72.8 Å². The zero-order valence-corrected chi connectivity index (χ0v) is 27.3. The molecule has 3 heteroatoms. The molecule has 1 unspecified atom stereocenters. The van der Waals surface area contributed by atoms with Crippen LogP contribution in [0.1, 0.15) is 145 Å². The number of carbonyl (C=O) groups excluding carboxylic acids is 1. The smallest absolute Gasteiger partial charge is 0.343 e. The van der Waals surface area contributed by atoms with E-state index in [4.69, 9.17) is 9.47 Å². The van der Waals surface area contributed by atoms with Gasteiger partial charge >= 0.3 is 5.97 Å². The maximum absolute atomic E-state index is 12.8. The molecule has 0 aromatic heterocycles. The highest BCUT2D eigenvalue weighted by Crippen LogP contribution is 2.25. The summed E-state index contributed by atoms with van der Waals surface area (Å²) in [5, 5.41) is 0. The van der Waals surface area contributed by atoms with E-state index < -0.39 is 0 Å². The van der Waals surface area contributed by atoms with Crippen molar-refractivity contribution < 1.29 is 14.3 Å². The number of unbranched alkanes of at least 4 members (excludes halogenated alkanes) is 13. The van der Waals surface area contributed by atoms with Gasteiger partial charge in [-0.3, -0.25) is 0 Å². The Kier molecular flexibility index (Phi) is 16.8. The van der Waals surface area contributed by atoms with Gasteiger partial charge in [-0.05, 0) is 72.7 Å². The van der Waals surface area contributed by atoms with E-state index in [0.717, 1.165) is 30.6 Å². The van der Waals surface area contributed by atoms with E-state index >= 15 is 0 Å². The first kappa shape index (κ1) is 34.6. The molecule has 0 fully saturated rings. The van der Waals surface area contributed by atoms with E-state index in [1.807, 2.05) is 48.5 Å². The first-order valence-electron chi connectivity index (χ1n) is 17.2. The molecular weight excluding hydrogens is 528 g/mol. The van der Waals surface area contributed by atoms with E-state index in [1.165, 1.54) is 101 Å². The number of benzene rings is 3. The lowest BCUT2D eigenvalue weighted by molar-refractivity contribution is 0.0626. The van der Waals surface area contributed by atoms with Crippen molar-refractivity contribution in [3.63, 3.8) is 0 Å². The van der Waals surface area contributed by atoms with Crippen LogP contribution in [-0.2, 0) is 11.2 Å². The number of esters is 1. The molecule has 0 amide bonds. The first-order chi connectivity index (χ1) is 21.1. The van der Waals surface area contributed by atoms with Crippen molar-refractivity contribution in [2.45, 2.75) is 130 Å². The second kappa shape index (κ2) is 20.9. The number of hydrogen-bond acceptors (Lipinski definition) is 3. The number of carbonyl (C=O) groups is 1. The summed E-state index contributed by atoms with van der Waals surface area (Å²) in [5.41, 5.74) is 5.31. The van der Waals surface area contributed by atoms with Crippen molar-refractivity contribution in [3.8, 4) is 16.9 Å². The second-order valence-electron chi connectivity index (χ2n) is 12.1. The summed E-state index contributed by atoms with van der Waals surface area (Å²) in [6, 6.07) is 24.2. The SMILES string of the molecule is CCCCCCCCCCOC(C)c1ccc(C(=O)Oc2ccc(-c3ccc(CCCCCCCCC)cc3)cc2)cc1. The average molecular weight is 585 g/mol. The molecular formula is C40H56O3. The quantitative estimate of drug-likeness (QED) is 0.0669. The van der Waals surface area contributed by atoms with Gasteiger partial charge in [-0.1, -0.05) is 146 Å². The lowest BCUT2D eigenvalue weighted by atomic mass is 10.0. The number of rotatable bonds is 22. The summed E-state index contributed by atoms with van der Waals surface area (Å²) in [4.78, 5) is 12.8. The summed E-state index contributed by atoms with van der Waals surface area (Å²) < 4.78 is 11.7. The molecule has 0 aliphatic rings. The van der Waals surface area contributed by atoms with Crippen LogP contribution < -0.4 is 4.74 Å². The van der Waals surface area contributed by atoms with Crippen molar-refractivity contribution in [1.82, 2.24) is 0 Å². The lowest BCUT2D eigenvalue weighted by Crippen LogP contribution is -2.09. The third-order valence-corrected chi connectivity index (χ3v) is 8.40. The number of hydrogen-bond donors (Lipinski definition) is 0. The van der Waals surface area contributed by atoms with Crippen LogP contribution in [0.5, 0.6) is 5.75 Å². The van der Waals surface area contributed by atoms with Crippen LogP contribution >= 0.6 is 0 Å². The third kappa shape index (κ3) is 13.5. The third-order valence-electron chi connectivity index (χ3n) is 8.40. The van der Waals surface area contributed by atoms with Gasteiger partial charge in [-0.2, -0.15) is 0 Å². The van der Waals surface area contributed by atoms with E-state index in [2.05, 4.69) is 45.0 Å². The fraction of sp³-hybridized carbons (Fsp3) is 0.525. The van der Waals surface area contributed by atoms with Crippen molar-refractivity contribution in [2.24, 2.45) is 0 Å². The molecule has 3 nitrogen and oxygen atoms in total. The van der Waals surface area contributed by atoms with Crippen molar-refractivity contribution in [3.05, 3.63) is 89.5 Å². The second-order valence-corrected chi connectivity index (χ2v) is 12.1. The Balaban J connectivity index is 1.37. The fourth-order valence-corrected chi connectivity index (χ4v) is 5.51. The molecule has 0 aliphatic carbocycles. The van der Waals surface area contributed by atoms with Crippen LogP contribution in [-0.4, -0.2) is 12.6 Å². The minimum Gasteiger partial charge on any atom is -0.423 e. The molecule has 0 saturated carbocycles. The highest BCUT2D eigenvalue weighted by molar-refractivity contribution is 5.91. The highest BCUT2D eigenvalue weighted by atomic mass is 16.5. The standard InChI is InChI=1S/C40H56O3/c1-4-6-8-10-12-14-16-18-32-42-33(3)35-24-26-38(27-25-35)40(41)43-39-30-28-37(29-31-39)36-22-20-34(21-23-36)19-17-15-13-11-9-7-5-2/h20-31,33H,4-19,32H2,1-3H3. The Bertz CT molecular complexity index is 1130. The topological polar surface area (TPSA) is 35.5 Å². The molecule has 1 atom stereocenters. The molecule has 43 heavy (non-hydrogen) atoms. The Morgan fingerprint density at radius 3 is 1.63 bits per heavy atom. The molecule has 0 spiro atoms. The van der Waals surface area contributed by atoms with Gasteiger partial charge in [0.2, 0.25) is 0 Å². The Morgan fingerprint density at radius 2 is 1.07 bits per heavy atom. The molecule has 3 rings (SSSR count). The maximum atomic E-state index is 12.8. The lowest BCUT2D eigenvalue weighted by Gasteiger charge is -2.14. The summed E-state index contributed by atoms with van der Waals surface area (Å²) >= 11 is 0. The average Bonchev–Trinajstić information content (AvgIpc) is 3.04. The Morgan fingerprint density at radius 1 is 0.581 bits per heavy atom. The summed E-state index contributed by atoms with van der Waals surface area (Å²) in [7, 11) is 0. The zero-order valence-electron chi connectivity index (χ0n) is 27.3. The van der Waals surface area contributed by atoms with E-state index in [0.29, 0.717) is 11.3 Å². The monoisotopic (exact) mass is 584 g/mol.